The van der Waals surface area contributed by atoms with Gasteiger partial charge in [-0.2, -0.15) is 8.75 Å². The summed E-state index contributed by atoms with van der Waals surface area (Å²) >= 11 is 1.20. The standard InChI is InChI=1S/C32H31N3O5S/c1-3-38-32(36)31-30(21-9-11-27-20(15-21)12-13-39-27)23-16-28(37-2)29(40-22-6-4-5-7-22)17-26(23)35(31)18-19-8-10-24-25(14-19)34-41-33-24/h8-11,14-17,22H,3-7,12-13,18H2,1-2H3. The molecule has 0 spiro atoms. The molecule has 210 valence electrons. The van der Waals surface area contributed by atoms with Crippen LogP contribution in [0.2, 0.25) is 0 Å². The predicted molar refractivity (Wildman–Crippen MR) is 158 cm³/mol. The summed E-state index contributed by atoms with van der Waals surface area (Å²) in [5, 5.41) is 0.902. The monoisotopic (exact) mass is 569 g/mol. The first-order valence-electron chi connectivity index (χ1n) is 14.2. The number of fused-ring (bicyclic) bond motifs is 3. The van der Waals surface area contributed by atoms with Crippen LogP contribution in [0.1, 0.15) is 54.2 Å². The molecular formula is C32H31N3O5S. The molecule has 1 aliphatic carbocycles. The Labute approximate surface area is 242 Å². The van der Waals surface area contributed by atoms with Crippen LogP contribution in [0.4, 0.5) is 0 Å². The van der Waals surface area contributed by atoms with Crippen LogP contribution in [0.25, 0.3) is 33.1 Å². The number of rotatable bonds is 8. The van der Waals surface area contributed by atoms with Crippen molar-refractivity contribution in [3.63, 3.8) is 0 Å². The Hall–Kier alpha value is -4.11. The number of hydrogen-bond donors (Lipinski definition) is 0. The van der Waals surface area contributed by atoms with Crippen LogP contribution in [-0.2, 0) is 17.7 Å². The van der Waals surface area contributed by atoms with Gasteiger partial charge in [0.1, 0.15) is 22.5 Å². The molecule has 2 aliphatic rings. The summed E-state index contributed by atoms with van der Waals surface area (Å²) in [5.74, 6) is 1.86. The molecule has 9 heteroatoms. The maximum absolute atomic E-state index is 13.8. The second kappa shape index (κ2) is 10.7. The first-order valence-corrected chi connectivity index (χ1v) is 14.9. The van der Waals surface area contributed by atoms with Crippen molar-refractivity contribution in [2.75, 3.05) is 20.3 Å². The Balaban J connectivity index is 1.47. The van der Waals surface area contributed by atoms with E-state index in [0.29, 0.717) is 30.3 Å². The second-order valence-electron chi connectivity index (χ2n) is 10.6. The lowest BCUT2D eigenvalue weighted by Crippen LogP contribution is -2.14. The number of methoxy groups -OCH3 is 1. The average molecular weight is 570 g/mol. The van der Waals surface area contributed by atoms with E-state index in [9.17, 15) is 4.79 Å². The van der Waals surface area contributed by atoms with Gasteiger partial charge >= 0.3 is 5.97 Å². The molecule has 1 aliphatic heterocycles. The number of esters is 1. The smallest absolute Gasteiger partial charge is 0.355 e. The molecule has 7 rings (SSSR count). The summed E-state index contributed by atoms with van der Waals surface area (Å²) < 4.78 is 34.6. The van der Waals surface area contributed by atoms with Crippen molar-refractivity contribution in [1.82, 2.24) is 13.3 Å². The van der Waals surface area contributed by atoms with E-state index in [1.54, 1.807) is 7.11 Å². The van der Waals surface area contributed by atoms with Gasteiger partial charge in [0.2, 0.25) is 0 Å². The van der Waals surface area contributed by atoms with Gasteiger partial charge in [0, 0.05) is 30.0 Å². The van der Waals surface area contributed by atoms with Crippen LogP contribution < -0.4 is 14.2 Å². The van der Waals surface area contributed by atoms with Gasteiger partial charge < -0.3 is 23.5 Å². The third-order valence-corrected chi connectivity index (χ3v) is 8.61. The summed E-state index contributed by atoms with van der Waals surface area (Å²) in [6.45, 7) is 3.21. The lowest BCUT2D eigenvalue weighted by atomic mass is 9.98. The Morgan fingerprint density at radius 3 is 2.73 bits per heavy atom. The highest BCUT2D eigenvalue weighted by molar-refractivity contribution is 7.00. The molecule has 5 aromatic rings. The zero-order valence-corrected chi connectivity index (χ0v) is 24.0. The highest BCUT2D eigenvalue weighted by Gasteiger charge is 2.29. The summed E-state index contributed by atoms with van der Waals surface area (Å²) in [7, 11) is 1.66. The van der Waals surface area contributed by atoms with Crippen LogP contribution >= 0.6 is 11.7 Å². The predicted octanol–water partition coefficient (Wildman–Crippen LogP) is 6.80. The van der Waals surface area contributed by atoms with Crippen LogP contribution in [0.5, 0.6) is 17.2 Å². The molecular weight excluding hydrogens is 538 g/mol. The highest BCUT2D eigenvalue weighted by atomic mass is 32.1. The van der Waals surface area contributed by atoms with Crippen LogP contribution in [0, 0.1) is 0 Å². The van der Waals surface area contributed by atoms with Crippen LogP contribution in [0.3, 0.4) is 0 Å². The van der Waals surface area contributed by atoms with Crippen molar-refractivity contribution in [3.05, 3.63) is 65.4 Å². The zero-order chi connectivity index (χ0) is 27.9. The molecule has 41 heavy (non-hydrogen) atoms. The molecule has 3 heterocycles. The van der Waals surface area contributed by atoms with Crippen molar-refractivity contribution in [3.8, 4) is 28.4 Å². The minimum atomic E-state index is -0.371. The third-order valence-electron chi connectivity index (χ3n) is 8.05. The highest BCUT2D eigenvalue weighted by Crippen LogP contribution is 2.44. The quantitative estimate of drug-likeness (QED) is 0.190. The van der Waals surface area contributed by atoms with Gasteiger partial charge in [0.05, 0.1) is 43.7 Å². The Morgan fingerprint density at radius 2 is 1.90 bits per heavy atom. The molecule has 0 atom stereocenters. The molecule has 8 nitrogen and oxygen atoms in total. The fourth-order valence-electron chi connectivity index (χ4n) is 6.11. The summed E-state index contributed by atoms with van der Waals surface area (Å²) in [6.07, 6.45) is 5.38. The fraction of sp³-hybridized carbons (Fsp3) is 0.344. The van der Waals surface area contributed by atoms with Gasteiger partial charge in [-0.25, -0.2) is 4.79 Å². The van der Waals surface area contributed by atoms with Crippen molar-refractivity contribution in [1.29, 1.82) is 0 Å². The molecule has 1 fully saturated rings. The summed E-state index contributed by atoms with van der Waals surface area (Å²) in [6, 6.07) is 16.2. The Morgan fingerprint density at radius 1 is 1.05 bits per heavy atom. The maximum atomic E-state index is 13.8. The molecule has 0 N–H and O–H groups in total. The number of aromatic nitrogens is 3. The topological polar surface area (TPSA) is 84.7 Å². The average Bonchev–Trinajstić information content (AvgIpc) is 3.79. The minimum Gasteiger partial charge on any atom is -0.493 e. The van der Waals surface area contributed by atoms with E-state index in [2.05, 4.69) is 14.8 Å². The van der Waals surface area contributed by atoms with E-state index >= 15 is 0 Å². The molecule has 0 amide bonds. The van der Waals surface area contributed by atoms with Crippen molar-refractivity contribution < 1.29 is 23.7 Å². The number of benzene rings is 3. The molecule has 1 saturated carbocycles. The van der Waals surface area contributed by atoms with Gasteiger partial charge in [-0.1, -0.05) is 12.1 Å². The zero-order valence-electron chi connectivity index (χ0n) is 23.1. The maximum Gasteiger partial charge on any atom is 0.355 e. The van der Waals surface area contributed by atoms with E-state index < -0.39 is 0 Å². The number of hydrogen-bond acceptors (Lipinski definition) is 8. The second-order valence-corrected chi connectivity index (χ2v) is 11.1. The molecule has 0 unspecified atom stereocenters. The lowest BCUT2D eigenvalue weighted by molar-refractivity contribution is 0.0516. The Kier molecular flexibility index (Phi) is 6.74. The van der Waals surface area contributed by atoms with E-state index in [-0.39, 0.29) is 18.7 Å². The van der Waals surface area contributed by atoms with Crippen molar-refractivity contribution in [2.45, 2.75) is 51.7 Å². The van der Waals surface area contributed by atoms with E-state index in [1.165, 1.54) is 24.6 Å². The van der Waals surface area contributed by atoms with Crippen LogP contribution in [0.15, 0.2) is 48.5 Å². The molecule has 3 aromatic carbocycles. The molecule has 0 bridgehead atoms. The largest absolute Gasteiger partial charge is 0.493 e. The Bertz CT molecular complexity index is 1770. The lowest BCUT2D eigenvalue weighted by Gasteiger charge is -2.17. The van der Waals surface area contributed by atoms with E-state index in [0.717, 1.165) is 69.2 Å². The minimum absolute atomic E-state index is 0.157. The first-order chi connectivity index (χ1) is 20.1. The van der Waals surface area contributed by atoms with E-state index in [4.69, 9.17) is 18.9 Å². The number of ether oxygens (including phenoxy) is 4. The van der Waals surface area contributed by atoms with Gasteiger partial charge in [0.25, 0.3) is 0 Å². The van der Waals surface area contributed by atoms with Crippen molar-refractivity contribution >= 4 is 39.6 Å². The third kappa shape index (κ3) is 4.68. The summed E-state index contributed by atoms with van der Waals surface area (Å²) in [4.78, 5) is 13.8. The first kappa shape index (κ1) is 25.8. The van der Waals surface area contributed by atoms with Crippen LogP contribution in [-0.4, -0.2) is 45.7 Å². The number of carbonyl (C=O) groups excluding carboxylic acids is 1. The van der Waals surface area contributed by atoms with Gasteiger partial charge in [-0.05, 0) is 79.6 Å². The van der Waals surface area contributed by atoms with Gasteiger partial charge in [-0.15, -0.1) is 0 Å². The molecule has 0 radical (unpaired) electrons. The van der Waals surface area contributed by atoms with Gasteiger partial charge in [-0.3, -0.25) is 0 Å². The fourth-order valence-corrected chi connectivity index (χ4v) is 6.63. The van der Waals surface area contributed by atoms with Gasteiger partial charge in [0.15, 0.2) is 11.5 Å². The normalized spacial score (nSPS) is 14.9. The molecule has 0 saturated heterocycles. The SMILES string of the molecule is CCOC(=O)c1c(-c2ccc3c(c2)CCO3)c2cc(OC)c(OC3CCCC3)cc2n1Cc1ccc2nsnc2c1. The number of carbonyl (C=O) groups is 1. The van der Waals surface area contributed by atoms with Crippen molar-refractivity contribution in [2.24, 2.45) is 0 Å². The molecule has 2 aromatic heterocycles. The van der Waals surface area contributed by atoms with E-state index in [1.807, 2.05) is 54.0 Å². The number of nitrogens with zero attached hydrogens (tertiary/aromatic N) is 3. The summed E-state index contributed by atoms with van der Waals surface area (Å²) in [5.41, 5.74) is 6.97.